The minimum atomic E-state index is -0.316. The maximum atomic E-state index is 11.6. The average Bonchev–Trinajstić information content (AvgIpc) is 3.26. The predicted octanol–water partition coefficient (Wildman–Crippen LogP) is 3.62. The molecule has 8 heteroatoms. The van der Waals surface area contributed by atoms with E-state index in [9.17, 15) is 4.79 Å². The zero-order chi connectivity index (χ0) is 20.1. The maximum Gasteiger partial charge on any atom is 0.327 e. The van der Waals surface area contributed by atoms with Gasteiger partial charge in [0.15, 0.2) is 0 Å². The van der Waals surface area contributed by atoms with Gasteiger partial charge in [-0.1, -0.05) is 27.2 Å². The van der Waals surface area contributed by atoms with Crippen LogP contribution in [-0.2, 0) is 22.6 Å². The van der Waals surface area contributed by atoms with Crippen LogP contribution in [0.5, 0.6) is 0 Å². The highest BCUT2D eigenvalue weighted by molar-refractivity contribution is 5.76. The smallest absolute Gasteiger partial charge is 0.327 e. The van der Waals surface area contributed by atoms with Crippen molar-refractivity contribution in [1.29, 1.82) is 0 Å². The Morgan fingerprint density at radius 1 is 1.29 bits per heavy atom. The molecular formula is C20H28N6O2. The second-order valence-electron chi connectivity index (χ2n) is 7.21. The Hall–Kier alpha value is -2.90. The summed E-state index contributed by atoms with van der Waals surface area (Å²) in [6, 6.07) is 2.05. The molecule has 0 bridgehead atoms. The van der Waals surface area contributed by atoms with E-state index in [0.29, 0.717) is 24.4 Å². The Morgan fingerprint density at radius 3 is 2.82 bits per heavy atom. The lowest BCUT2D eigenvalue weighted by molar-refractivity contribution is -0.144. The lowest BCUT2D eigenvalue weighted by atomic mass is 9.93. The molecule has 150 valence electrons. The molecule has 0 saturated carbocycles. The van der Waals surface area contributed by atoms with Gasteiger partial charge in [0, 0.05) is 30.5 Å². The molecule has 3 rings (SSSR count). The SMILES string of the molecule is CCOC(=O)Cn1cc(Nc2ncc3ccn(C[C@@H](CC)C(C)C)c3n2)cn1. The molecule has 1 N–H and O–H groups in total. The van der Waals surface area contributed by atoms with Gasteiger partial charge >= 0.3 is 5.97 Å². The summed E-state index contributed by atoms with van der Waals surface area (Å²) >= 11 is 0. The topological polar surface area (TPSA) is 86.9 Å². The molecule has 0 spiro atoms. The number of anilines is 2. The molecule has 0 aliphatic rings. The van der Waals surface area contributed by atoms with E-state index in [4.69, 9.17) is 4.74 Å². The van der Waals surface area contributed by atoms with Crippen molar-refractivity contribution >= 4 is 28.6 Å². The van der Waals surface area contributed by atoms with Gasteiger partial charge in [0.25, 0.3) is 0 Å². The van der Waals surface area contributed by atoms with Crippen LogP contribution in [-0.4, -0.2) is 36.9 Å². The van der Waals surface area contributed by atoms with Crippen LogP contribution in [0.1, 0.15) is 34.1 Å². The Balaban J connectivity index is 1.74. The number of nitrogens with one attached hydrogen (secondary N) is 1. The first-order valence-electron chi connectivity index (χ1n) is 9.77. The van der Waals surface area contributed by atoms with Crippen LogP contribution in [0, 0.1) is 11.8 Å². The highest BCUT2D eigenvalue weighted by Crippen LogP contribution is 2.22. The fourth-order valence-electron chi connectivity index (χ4n) is 3.22. The van der Waals surface area contributed by atoms with Gasteiger partial charge in [0.2, 0.25) is 5.95 Å². The number of nitrogens with zero attached hydrogens (tertiary/aromatic N) is 5. The van der Waals surface area contributed by atoms with Crippen LogP contribution in [0.3, 0.4) is 0 Å². The molecule has 3 aromatic rings. The number of hydrogen-bond donors (Lipinski definition) is 1. The monoisotopic (exact) mass is 384 g/mol. The van der Waals surface area contributed by atoms with Gasteiger partial charge < -0.3 is 14.6 Å². The number of rotatable bonds is 9. The molecule has 0 aliphatic carbocycles. The van der Waals surface area contributed by atoms with Crippen LogP contribution in [0.4, 0.5) is 11.6 Å². The molecule has 28 heavy (non-hydrogen) atoms. The van der Waals surface area contributed by atoms with E-state index in [1.165, 1.54) is 4.68 Å². The Morgan fingerprint density at radius 2 is 2.11 bits per heavy atom. The number of fused-ring (bicyclic) bond motifs is 1. The molecule has 3 heterocycles. The number of hydrogen-bond acceptors (Lipinski definition) is 6. The molecule has 0 unspecified atom stereocenters. The molecular weight excluding hydrogens is 356 g/mol. The van der Waals surface area contributed by atoms with Gasteiger partial charge in [-0.25, -0.2) is 4.98 Å². The maximum absolute atomic E-state index is 11.6. The molecule has 0 radical (unpaired) electrons. The van der Waals surface area contributed by atoms with E-state index in [1.54, 1.807) is 19.3 Å². The number of ether oxygens (including phenoxy) is 1. The Kier molecular flexibility index (Phi) is 6.28. The summed E-state index contributed by atoms with van der Waals surface area (Å²) in [5.74, 6) is 1.40. The summed E-state index contributed by atoms with van der Waals surface area (Å²) in [5, 5.41) is 8.34. The third-order valence-corrected chi connectivity index (χ3v) is 4.89. The quantitative estimate of drug-likeness (QED) is 0.567. The summed E-state index contributed by atoms with van der Waals surface area (Å²) in [4.78, 5) is 20.6. The van der Waals surface area contributed by atoms with Gasteiger partial charge in [0.05, 0.1) is 18.5 Å². The van der Waals surface area contributed by atoms with E-state index in [-0.39, 0.29) is 12.5 Å². The summed E-state index contributed by atoms with van der Waals surface area (Å²) in [6.45, 7) is 9.89. The highest BCUT2D eigenvalue weighted by atomic mass is 16.5. The summed E-state index contributed by atoms with van der Waals surface area (Å²) < 4.78 is 8.65. The molecule has 0 amide bonds. The summed E-state index contributed by atoms with van der Waals surface area (Å²) in [5.41, 5.74) is 1.63. The highest BCUT2D eigenvalue weighted by Gasteiger charge is 2.14. The summed E-state index contributed by atoms with van der Waals surface area (Å²) in [7, 11) is 0. The first kappa shape index (κ1) is 19.9. The number of esters is 1. The van der Waals surface area contributed by atoms with Crippen LogP contribution in [0.2, 0.25) is 0 Å². The molecule has 0 saturated heterocycles. The summed E-state index contributed by atoms with van der Waals surface area (Å²) in [6.07, 6.45) is 8.40. The van der Waals surface area contributed by atoms with Crippen LogP contribution < -0.4 is 5.32 Å². The van der Waals surface area contributed by atoms with Crippen molar-refractivity contribution in [3.05, 3.63) is 30.9 Å². The van der Waals surface area contributed by atoms with Crippen molar-refractivity contribution < 1.29 is 9.53 Å². The third-order valence-electron chi connectivity index (χ3n) is 4.89. The predicted molar refractivity (Wildman–Crippen MR) is 108 cm³/mol. The van der Waals surface area contributed by atoms with Crippen LogP contribution in [0.15, 0.2) is 30.9 Å². The van der Waals surface area contributed by atoms with Crippen molar-refractivity contribution in [1.82, 2.24) is 24.3 Å². The van der Waals surface area contributed by atoms with Crippen molar-refractivity contribution in [2.45, 2.75) is 47.2 Å². The van der Waals surface area contributed by atoms with Gasteiger partial charge in [-0.05, 0) is 24.8 Å². The largest absolute Gasteiger partial charge is 0.465 e. The van der Waals surface area contributed by atoms with Crippen molar-refractivity contribution in [2.24, 2.45) is 11.8 Å². The van der Waals surface area contributed by atoms with Crippen LogP contribution >= 0.6 is 0 Å². The molecule has 0 aromatic carbocycles. The molecule has 1 atom stereocenters. The van der Waals surface area contributed by atoms with Crippen molar-refractivity contribution in [3.63, 3.8) is 0 Å². The minimum Gasteiger partial charge on any atom is -0.465 e. The third kappa shape index (κ3) is 4.68. The molecule has 8 nitrogen and oxygen atoms in total. The average molecular weight is 384 g/mol. The fraction of sp³-hybridized carbons (Fsp3) is 0.500. The first-order valence-corrected chi connectivity index (χ1v) is 9.77. The second-order valence-corrected chi connectivity index (χ2v) is 7.21. The zero-order valence-electron chi connectivity index (χ0n) is 16.9. The van der Waals surface area contributed by atoms with Gasteiger partial charge in [-0.3, -0.25) is 9.48 Å². The fourth-order valence-corrected chi connectivity index (χ4v) is 3.22. The van der Waals surface area contributed by atoms with Gasteiger partial charge in [0.1, 0.15) is 12.2 Å². The van der Waals surface area contributed by atoms with E-state index in [0.717, 1.165) is 29.7 Å². The number of aromatic nitrogens is 5. The Bertz CT molecular complexity index is 930. The lowest BCUT2D eigenvalue weighted by Gasteiger charge is -2.20. The van der Waals surface area contributed by atoms with E-state index in [2.05, 4.69) is 51.9 Å². The second kappa shape index (κ2) is 8.86. The Labute approximate surface area is 164 Å². The van der Waals surface area contributed by atoms with Gasteiger partial charge in [-0.2, -0.15) is 10.1 Å². The van der Waals surface area contributed by atoms with E-state index in [1.807, 2.05) is 12.3 Å². The number of carbonyl (C=O) groups is 1. The first-order chi connectivity index (χ1) is 13.5. The normalized spacial score (nSPS) is 12.5. The van der Waals surface area contributed by atoms with Crippen molar-refractivity contribution in [3.8, 4) is 0 Å². The minimum absolute atomic E-state index is 0.0753. The molecule has 3 aromatic heterocycles. The van der Waals surface area contributed by atoms with E-state index >= 15 is 0 Å². The van der Waals surface area contributed by atoms with Crippen molar-refractivity contribution in [2.75, 3.05) is 11.9 Å². The zero-order valence-corrected chi connectivity index (χ0v) is 16.9. The standard InChI is InChI=1S/C20H28N6O2/c1-5-15(14(3)4)11-25-8-7-16-9-21-20(24-19(16)25)23-17-10-22-26(12-17)13-18(27)28-6-2/h7-10,12,14-15H,5-6,11,13H2,1-4H3,(H,21,23,24)/t15-/m1/s1. The molecule has 0 aliphatic heterocycles. The number of carbonyl (C=O) groups excluding carboxylic acids is 1. The van der Waals surface area contributed by atoms with Gasteiger partial charge in [-0.15, -0.1) is 0 Å². The lowest BCUT2D eigenvalue weighted by Crippen LogP contribution is -2.15. The van der Waals surface area contributed by atoms with E-state index < -0.39 is 0 Å². The van der Waals surface area contributed by atoms with Crippen LogP contribution in [0.25, 0.3) is 11.0 Å². The molecule has 0 fully saturated rings.